The molecule has 5 rings (SSSR count). The summed E-state index contributed by atoms with van der Waals surface area (Å²) in [5.74, 6) is -0.0769. The average molecular weight is 491 g/mol. The van der Waals surface area contributed by atoms with Crippen molar-refractivity contribution in [2.24, 2.45) is 0 Å². The highest BCUT2D eigenvalue weighted by Gasteiger charge is 2.25. The van der Waals surface area contributed by atoms with E-state index in [1.165, 1.54) is 0 Å². The van der Waals surface area contributed by atoms with E-state index in [4.69, 9.17) is 0 Å². The van der Waals surface area contributed by atoms with Gasteiger partial charge >= 0.3 is 0 Å². The number of anilines is 4. The molecule has 0 saturated carbocycles. The van der Waals surface area contributed by atoms with Crippen LogP contribution in [0.1, 0.15) is 20.7 Å². The van der Waals surface area contributed by atoms with Gasteiger partial charge in [0.2, 0.25) is 0 Å². The number of piperazine rings is 1. The molecule has 0 aliphatic carbocycles. The first-order valence-corrected chi connectivity index (χ1v) is 12.5. The molecule has 1 N–H and O–H groups in total. The summed E-state index contributed by atoms with van der Waals surface area (Å²) in [6.45, 7) is 2.71. The van der Waals surface area contributed by atoms with Gasteiger partial charge in [-0.25, -0.2) is 0 Å². The molecule has 186 valence electrons. The lowest BCUT2D eigenvalue weighted by atomic mass is 10.1. The summed E-state index contributed by atoms with van der Waals surface area (Å²) in [7, 11) is 1.65. The fourth-order valence-corrected chi connectivity index (χ4v) is 4.74. The lowest BCUT2D eigenvalue weighted by Gasteiger charge is -2.37. The van der Waals surface area contributed by atoms with E-state index in [1.807, 2.05) is 108 Å². The van der Waals surface area contributed by atoms with Crippen molar-refractivity contribution in [3.05, 3.63) is 120 Å². The smallest absolute Gasteiger partial charge is 0.253 e. The molecule has 4 aromatic rings. The molecule has 0 unspecified atom stereocenters. The van der Waals surface area contributed by atoms with Crippen LogP contribution >= 0.6 is 0 Å². The number of amides is 2. The van der Waals surface area contributed by atoms with Crippen LogP contribution < -0.4 is 15.1 Å². The number of carbonyl (C=O) groups excluding carboxylic acids is 2. The van der Waals surface area contributed by atoms with Crippen molar-refractivity contribution in [2.45, 2.75) is 0 Å². The number of para-hydroxylation sites is 2. The van der Waals surface area contributed by atoms with Gasteiger partial charge in [-0.3, -0.25) is 9.59 Å². The fraction of sp³-hybridized carbons (Fsp3) is 0.161. The Morgan fingerprint density at radius 1 is 0.703 bits per heavy atom. The number of nitrogens with one attached hydrogen (secondary N) is 1. The maximum atomic E-state index is 12.9. The largest absolute Gasteiger partial charge is 0.368 e. The van der Waals surface area contributed by atoms with Crippen LogP contribution in [0.25, 0.3) is 0 Å². The molecule has 0 aromatic heterocycles. The summed E-state index contributed by atoms with van der Waals surface area (Å²) >= 11 is 0. The van der Waals surface area contributed by atoms with Crippen LogP contribution in [0.3, 0.4) is 0 Å². The highest BCUT2D eigenvalue weighted by atomic mass is 16.2. The van der Waals surface area contributed by atoms with Crippen LogP contribution in [0.2, 0.25) is 0 Å². The van der Waals surface area contributed by atoms with E-state index in [2.05, 4.69) is 21.2 Å². The van der Waals surface area contributed by atoms with E-state index in [9.17, 15) is 9.59 Å². The molecule has 6 heteroatoms. The minimum atomic E-state index is -0.142. The first-order valence-electron chi connectivity index (χ1n) is 12.5. The van der Waals surface area contributed by atoms with Crippen LogP contribution in [0.15, 0.2) is 109 Å². The summed E-state index contributed by atoms with van der Waals surface area (Å²) in [6.07, 6.45) is 0. The van der Waals surface area contributed by atoms with Crippen LogP contribution in [0.5, 0.6) is 0 Å². The normalized spacial score (nSPS) is 13.2. The number of carbonyl (C=O) groups is 2. The van der Waals surface area contributed by atoms with Gasteiger partial charge in [0.25, 0.3) is 11.8 Å². The average Bonchev–Trinajstić information content (AvgIpc) is 2.98. The predicted octanol–water partition coefficient (Wildman–Crippen LogP) is 5.48. The number of hydrogen-bond donors (Lipinski definition) is 1. The monoisotopic (exact) mass is 490 g/mol. The topological polar surface area (TPSA) is 55.9 Å². The van der Waals surface area contributed by atoms with E-state index in [0.29, 0.717) is 31.7 Å². The fourth-order valence-electron chi connectivity index (χ4n) is 4.74. The molecule has 0 spiro atoms. The Labute approximate surface area is 217 Å². The number of rotatable bonds is 6. The van der Waals surface area contributed by atoms with Crippen molar-refractivity contribution in [2.75, 3.05) is 43.0 Å². The van der Waals surface area contributed by atoms with Gasteiger partial charge < -0.3 is 20.0 Å². The molecule has 1 saturated heterocycles. The van der Waals surface area contributed by atoms with Gasteiger partial charge in [0.05, 0.1) is 11.3 Å². The number of hydrogen-bond acceptors (Lipinski definition) is 4. The third-order valence-electron chi connectivity index (χ3n) is 6.68. The van der Waals surface area contributed by atoms with Crippen LogP contribution in [0.4, 0.5) is 22.7 Å². The molecule has 1 aliphatic rings. The molecule has 0 bridgehead atoms. The Bertz CT molecular complexity index is 1310. The third-order valence-corrected chi connectivity index (χ3v) is 6.68. The molecule has 1 fully saturated rings. The zero-order valence-electron chi connectivity index (χ0n) is 20.9. The maximum Gasteiger partial charge on any atom is 0.253 e. The van der Waals surface area contributed by atoms with E-state index >= 15 is 0 Å². The molecular weight excluding hydrogens is 460 g/mol. The van der Waals surface area contributed by atoms with Crippen LogP contribution in [-0.2, 0) is 0 Å². The summed E-state index contributed by atoms with van der Waals surface area (Å²) < 4.78 is 0. The maximum absolute atomic E-state index is 12.9. The van der Waals surface area contributed by atoms with Crippen molar-refractivity contribution < 1.29 is 9.59 Å². The highest BCUT2D eigenvalue weighted by Crippen LogP contribution is 2.38. The van der Waals surface area contributed by atoms with Crippen LogP contribution in [0, 0.1) is 0 Å². The van der Waals surface area contributed by atoms with Gasteiger partial charge in [-0.1, -0.05) is 54.6 Å². The number of benzene rings is 4. The highest BCUT2D eigenvalue weighted by molar-refractivity contribution is 6.02. The Morgan fingerprint density at radius 3 is 1.78 bits per heavy atom. The summed E-state index contributed by atoms with van der Waals surface area (Å²) in [6, 6.07) is 35.5. The molecular formula is C31H30N4O2. The van der Waals surface area contributed by atoms with Gasteiger partial charge in [0, 0.05) is 55.9 Å². The van der Waals surface area contributed by atoms with Gasteiger partial charge in [-0.05, 0) is 54.6 Å². The van der Waals surface area contributed by atoms with E-state index < -0.39 is 0 Å². The predicted molar refractivity (Wildman–Crippen MR) is 149 cm³/mol. The van der Waals surface area contributed by atoms with Crippen LogP contribution in [-0.4, -0.2) is 49.9 Å². The number of nitrogens with zero attached hydrogens (tertiary/aromatic N) is 3. The summed E-state index contributed by atoms with van der Waals surface area (Å²) in [5, 5.41) is 2.79. The second-order valence-corrected chi connectivity index (χ2v) is 8.93. The zero-order valence-corrected chi connectivity index (χ0v) is 20.9. The lowest BCUT2D eigenvalue weighted by molar-refractivity contribution is 0.0746. The molecule has 0 radical (unpaired) electrons. The Morgan fingerprint density at radius 2 is 1.24 bits per heavy atom. The summed E-state index contributed by atoms with van der Waals surface area (Å²) in [4.78, 5) is 32.2. The van der Waals surface area contributed by atoms with Gasteiger partial charge in [0.15, 0.2) is 0 Å². The molecule has 1 heterocycles. The Kier molecular flexibility index (Phi) is 7.17. The minimum absolute atomic E-state index is 0.0650. The first-order chi connectivity index (χ1) is 18.2. The zero-order chi connectivity index (χ0) is 25.6. The first kappa shape index (κ1) is 24.1. The third kappa shape index (κ3) is 5.19. The van der Waals surface area contributed by atoms with Crippen molar-refractivity contribution in [3.63, 3.8) is 0 Å². The lowest BCUT2D eigenvalue weighted by Crippen LogP contribution is -2.48. The second-order valence-electron chi connectivity index (χ2n) is 8.93. The van der Waals surface area contributed by atoms with E-state index in [-0.39, 0.29) is 11.8 Å². The molecule has 2 amide bonds. The van der Waals surface area contributed by atoms with Crippen molar-refractivity contribution >= 4 is 34.6 Å². The van der Waals surface area contributed by atoms with Gasteiger partial charge in [-0.15, -0.1) is 0 Å². The minimum Gasteiger partial charge on any atom is -0.368 e. The second kappa shape index (κ2) is 11.0. The van der Waals surface area contributed by atoms with Gasteiger partial charge in [-0.2, -0.15) is 0 Å². The van der Waals surface area contributed by atoms with Gasteiger partial charge in [0.1, 0.15) is 0 Å². The van der Waals surface area contributed by atoms with Crippen molar-refractivity contribution in [1.82, 2.24) is 10.2 Å². The molecule has 4 aromatic carbocycles. The van der Waals surface area contributed by atoms with Crippen molar-refractivity contribution in [1.29, 1.82) is 0 Å². The Hall–Kier alpha value is -4.58. The van der Waals surface area contributed by atoms with E-state index in [0.717, 1.165) is 28.3 Å². The Balaban J connectivity index is 1.47. The molecule has 37 heavy (non-hydrogen) atoms. The SMILES string of the molecule is CNC(=O)c1ccc(N2CCN(C(=O)c3ccccc3)CC2)cc1N(c1ccccc1)c1ccccc1. The van der Waals surface area contributed by atoms with Crippen molar-refractivity contribution in [3.8, 4) is 0 Å². The quantitative estimate of drug-likeness (QED) is 0.389. The summed E-state index contributed by atoms with van der Waals surface area (Å²) in [5.41, 5.74) is 5.07. The molecule has 0 atom stereocenters. The molecule has 6 nitrogen and oxygen atoms in total. The molecule has 1 aliphatic heterocycles. The standard InChI is InChI=1S/C31H30N4O2/c1-32-30(36)28-18-17-27(33-19-21-34(22-20-33)31(37)24-11-5-2-6-12-24)23-29(28)35(25-13-7-3-8-14-25)26-15-9-4-10-16-26/h2-18,23H,19-22H2,1H3,(H,32,36). The van der Waals surface area contributed by atoms with E-state index in [1.54, 1.807) is 7.05 Å².